The van der Waals surface area contributed by atoms with Crippen LogP contribution in [0, 0.1) is 12.3 Å². The van der Waals surface area contributed by atoms with Crippen LogP contribution in [-0.2, 0) is 4.43 Å². The second-order valence-corrected chi connectivity index (χ2v) is 8.75. The van der Waals surface area contributed by atoms with Crippen LogP contribution in [0.1, 0.15) is 32.6 Å². The summed E-state index contributed by atoms with van der Waals surface area (Å²) in [6.07, 6.45) is 11.5. The minimum Gasteiger partial charge on any atom is -0.411 e. The van der Waals surface area contributed by atoms with Gasteiger partial charge < -0.3 is 4.43 Å². The third-order valence-electron chi connectivity index (χ3n) is 2.44. The maximum absolute atomic E-state index is 6.12. The highest BCUT2D eigenvalue weighted by Gasteiger charge is 2.24. The predicted molar refractivity (Wildman–Crippen MR) is 70.3 cm³/mol. The summed E-state index contributed by atoms with van der Waals surface area (Å²) in [5.41, 5.74) is 0. The molecule has 0 bridgehead atoms. The SMILES string of the molecule is C#CCC[C@@H](C=C)O[Si](C)(C)CCCC. The van der Waals surface area contributed by atoms with E-state index in [9.17, 15) is 0 Å². The summed E-state index contributed by atoms with van der Waals surface area (Å²) in [7, 11) is -1.50. The van der Waals surface area contributed by atoms with Crippen molar-refractivity contribution in [2.75, 3.05) is 0 Å². The zero-order chi connectivity index (χ0) is 11.7. The van der Waals surface area contributed by atoms with Crippen molar-refractivity contribution < 1.29 is 4.43 Å². The second kappa shape index (κ2) is 7.73. The van der Waals surface area contributed by atoms with Gasteiger partial charge in [-0.25, -0.2) is 0 Å². The van der Waals surface area contributed by atoms with Crippen LogP contribution in [-0.4, -0.2) is 14.4 Å². The molecule has 86 valence electrons. The Hall–Kier alpha value is -0.523. The fourth-order valence-electron chi connectivity index (χ4n) is 1.52. The number of unbranched alkanes of at least 4 members (excludes halogenated alkanes) is 1. The van der Waals surface area contributed by atoms with Crippen LogP contribution < -0.4 is 0 Å². The van der Waals surface area contributed by atoms with Crippen LogP contribution in [0.25, 0.3) is 0 Å². The molecule has 0 unspecified atom stereocenters. The van der Waals surface area contributed by atoms with Crippen molar-refractivity contribution in [3.05, 3.63) is 12.7 Å². The molecule has 0 aliphatic carbocycles. The van der Waals surface area contributed by atoms with Gasteiger partial charge in [-0.2, -0.15) is 0 Å². The minimum atomic E-state index is -1.50. The first-order valence-electron chi connectivity index (χ1n) is 5.79. The van der Waals surface area contributed by atoms with Crippen molar-refractivity contribution >= 4 is 8.32 Å². The summed E-state index contributed by atoms with van der Waals surface area (Å²) in [6, 6.07) is 1.23. The van der Waals surface area contributed by atoms with Crippen LogP contribution in [0.15, 0.2) is 12.7 Å². The second-order valence-electron chi connectivity index (χ2n) is 4.50. The fraction of sp³-hybridized carbons (Fsp3) is 0.692. The quantitative estimate of drug-likeness (QED) is 0.344. The summed E-state index contributed by atoms with van der Waals surface area (Å²) >= 11 is 0. The van der Waals surface area contributed by atoms with E-state index in [-0.39, 0.29) is 6.10 Å². The monoisotopic (exact) mass is 224 g/mol. The standard InChI is InChI=1S/C13H24OSi/c1-6-9-11-13(8-3)14-15(4,5)12-10-7-2/h1,8,13H,3,7,9-12H2,2,4-5H3/t13-/m1/s1. The Morgan fingerprint density at radius 3 is 2.67 bits per heavy atom. The van der Waals surface area contributed by atoms with Gasteiger partial charge in [-0.15, -0.1) is 18.9 Å². The lowest BCUT2D eigenvalue weighted by Gasteiger charge is -2.27. The van der Waals surface area contributed by atoms with Gasteiger partial charge in [-0.1, -0.05) is 25.8 Å². The average Bonchev–Trinajstić information content (AvgIpc) is 2.21. The van der Waals surface area contributed by atoms with Gasteiger partial charge >= 0.3 is 0 Å². The molecule has 0 N–H and O–H groups in total. The largest absolute Gasteiger partial charge is 0.411 e. The number of hydrogen-bond acceptors (Lipinski definition) is 1. The summed E-state index contributed by atoms with van der Waals surface area (Å²) < 4.78 is 6.12. The number of terminal acetylenes is 1. The Morgan fingerprint density at radius 2 is 2.20 bits per heavy atom. The first kappa shape index (κ1) is 14.5. The van der Waals surface area contributed by atoms with Crippen LogP contribution in [0.3, 0.4) is 0 Å². The molecule has 0 aliphatic heterocycles. The molecule has 0 aromatic heterocycles. The molecule has 15 heavy (non-hydrogen) atoms. The average molecular weight is 224 g/mol. The van der Waals surface area contributed by atoms with E-state index in [1.54, 1.807) is 0 Å². The summed E-state index contributed by atoms with van der Waals surface area (Å²) in [4.78, 5) is 0. The fourth-order valence-corrected chi connectivity index (χ4v) is 3.88. The molecule has 0 rings (SSSR count). The zero-order valence-electron chi connectivity index (χ0n) is 10.4. The molecule has 0 spiro atoms. The van der Waals surface area contributed by atoms with Crippen molar-refractivity contribution in [2.24, 2.45) is 0 Å². The lowest BCUT2D eigenvalue weighted by Crippen LogP contribution is -2.34. The molecular weight excluding hydrogens is 200 g/mol. The van der Waals surface area contributed by atoms with Gasteiger partial charge in [0.05, 0.1) is 6.10 Å². The molecule has 0 saturated carbocycles. The van der Waals surface area contributed by atoms with Crippen LogP contribution in [0.4, 0.5) is 0 Å². The Labute approximate surface area is 96.0 Å². The van der Waals surface area contributed by atoms with Crippen LogP contribution >= 0.6 is 0 Å². The van der Waals surface area contributed by atoms with E-state index in [4.69, 9.17) is 10.8 Å². The van der Waals surface area contributed by atoms with Crippen LogP contribution in [0.5, 0.6) is 0 Å². The maximum atomic E-state index is 6.12. The number of hydrogen-bond donors (Lipinski definition) is 0. The molecule has 1 atom stereocenters. The van der Waals surface area contributed by atoms with Gasteiger partial charge in [0.1, 0.15) is 0 Å². The molecule has 0 radical (unpaired) electrons. The molecule has 0 amide bonds. The smallest absolute Gasteiger partial charge is 0.187 e. The maximum Gasteiger partial charge on any atom is 0.187 e. The highest BCUT2D eigenvalue weighted by Crippen LogP contribution is 2.19. The summed E-state index contributed by atoms with van der Waals surface area (Å²) in [5.74, 6) is 2.65. The van der Waals surface area contributed by atoms with Gasteiger partial charge in [0.15, 0.2) is 8.32 Å². The van der Waals surface area contributed by atoms with Crippen molar-refractivity contribution in [3.63, 3.8) is 0 Å². The molecule has 2 heteroatoms. The first-order chi connectivity index (χ1) is 7.05. The Kier molecular flexibility index (Phi) is 7.46. The van der Waals surface area contributed by atoms with Gasteiger partial charge in [-0.05, 0) is 25.6 Å². The highest BCUT2D eigenvalue weighted by molar-refractivity contribution is 6.71. The van der Waals surface area contributed by atoms with Gasteiger partial charge in [0, 0.05) is 6.42 Å². The van der Waals surface area contributed by atoms with Gasteiger partial charge in [0.2, 0.25) is 0 Å². The first-order valence-corrected chi connectivity index (χ1v) is 8.91. The zero-order valence-corrected chi connectivity index (χ0v) is 11.4. The normalized spacial score (nSPS) is 13.2. The molecule has 0 aromatic carbocycles. The molecule has 0 aliphatic rings. The number of rotatable bonds is 8. The van der Waals surface area contributed by atoms with Crippen molar-refractivity contribution in [3.8, 4) is 12.3 Å². The summed E-state index contributed by atoms with van der Waals surface area (Å²) in [6.45, 7) is 10.6. The minimum absolute atomic E-state index is 0.152. The summed E-state index contributed by atoms with van der Waals surface area (Å²) in [5, 5.41) is 0. The van der Waals surface area contributed by atoms with E-state index in [1.165, 1.54) is 18.9 Å². The molecule has 0 fully saturated rings. The van der Waals surface area contributed by atoms with Gasteiger partial charge in [0.25, 0.3) is 0 Å². The molecule has 1 nitrogen and oxygen atoms in total. The molecule has 0 heterocycles. The van der Waals surface area contributed by atoms with E-state index in [0.29, 0.717) is 0 Å². The Bertz CT molecular complexity index is 215. The van der Waals surface area contributed by atoms with Gasteiger partial charge in [-0.3, -0.25) is 0 Å². The van der Waals surface area contributed by atoms with Crippen molar-refractivity contribution in [2.45, 2.75) is 57.8 Å². The van der Waals surface area contributed by atoms with E-state index < -0.39 is 8.32 Å². The van der Waals surface area contributed by atoms with E-state index in [2.05, 4.69) is 32.5 Å². The van der Waals surface area contributed by atoms with E-state index in [0.717, 1.165) is 12.8 Å². The lowest BCUT2D eigenvalue weighted by atomic mass is 10.2. The van der Waals surface area contributed by atoms with Crippen LogP contribution in [0.2, 0.25) is 19.1 Å². The third-order valence-corrected chi connectivity index (χ3v) is 4.94. The topological polar surface area (TPSA) is 9.23 Å². The highest BCUT2D eigenvalue weighted by atomic mass is 28.4. The Balaban J connectivity index is 4.03. The lowest BCUT2D eigenvalue weighted by molar-refractivity contribution is 0.229. The van der Waals surface area contributed by atoms with Crippen molar-refractivity contribution in [1.82, 2.24) is 0 Å². The Morgan fingerprint density at radius 1 is 1.53 bits per heavy atom. The molecule has 0 aromatic rings. The van der Waals surface area contributed by atoms with Crippen molar-refractivity contribution in [1.29, 1.82) is 0 Å². The van der Waals surface area contributed by atoms with E-state index in [1.807, 2.05) is 6.08 Å². The molecular formula is C13H24OSi. The van der Waals surface area contributed by atoms with E-state index >= 15 is 0 Å². The third kappa shape index (κ3) is 7.41. The molecule has 0 saturated heterocycles. The predicted octanol–water partition coefficient (Wildman–Crippen LogP) is 3.98.